The molecule has 0 N–H and O–H groups in total. The number of fused-ring (bicyclic) bond motifs is 1. The Morgan fingerprint density at radius 2 is 1.59 bits per heavy atom. The molecule has 1 amide bonds. The van der Waals surface area contributed by atoms with Crippen LogP contribution in [-0.2, 0) is 11.3 Å². The number of piperidine rings is 1. The second-order valence-electron chi connectivity index (χ2n) is 8.30. The fourth-order valence-corrected chi connectivity index (χ4v) is 4.53. The number of amides is 1. The Kier molecular flexibility index (Phi) is 6.83. The predicted octanol–water partition coefficient (Wildman–Crippen LogP) is 4.46. The van der Waals surface area contributed by atoms with Gasteiger partial charge in [0.05, 0.1) is 0 Å². The van der Waals surface area contributed by atoms with Crippen LogP contribution in [0, 0.1) is 0 Å². The first-order chi connectivity index (χ1) is 14.3. The molecule has 2 aliphatic heterocycles. The van der Waals surface area contributed by atoms with Crippen LogP contribution in [0.3, 0.4) is 0 Å². The average Bonchev–Trinajstić information content (AvgIpc) is 2.93. The maximum Gasteiger partial charge on any atom is 0.260 e. The number of benzene rings is 2. The van der Waals surface area contributed by atoms with E-state index in [2.05, 4.69) is 41.3 Å². The number of carbonyl (C=O) groups excluding carboxylic acids is 1. The molecule has 2 heterocycles. The van der Waals surface area contributed by atoms with Gasteiger partial charge in [0.1, 0.15) is 5.75 Å². The minimum Gasteiger partial charge on any atom is -0.483 e. The number of nitrogens with zero attached hydrogens (tertiary/aromatic N) is 2. The molecule has 0 spiro atoms. The van der Waals surface area contributed by atoms with Crippen LogP contribution in [0.1, 0.15) is 49.1 Å². The molecular weight excluding hydrogens is 360 g/mol. The number of rotatable bonds is 7. The molecule has 2 aromatic carbocycles. The Hall–Kier alpha value is -2.33. The maximum absolute atomic E-state index is 12.3. The van der Waals surface area contributed by atoms with Gasteiger partial charge in [-0.05, 0) is 62.9 Å². The molecule has 4 nitrogen and oxygen atoms in total. The smallest absolute Gasteiger partial charge is 0.260 e. The van der Waals surface area contributed by atoms with Crippen LogP contribution in [0.2, 0.25) is 0 Å². The summed E-state index contributed by atoms with van der Waals surface area (Å²) in [6.07, 6.45) is 5.99. The molecule has 0 atom stereocenters. The SMILES string of the molecule is O=C1COc2ccccc2CN1CCCCCN1CCC(c2ccccc2)CC1. The van der Waals surface area contributed by atoms with Gasteiger partial charge in [-0.1, -0.05) is 55.0 Å². The van der Waals surface area contributed by atoms with Crippen molar-refractivity contribution in [2.24, 2.45) is 0 Å². The van der Waals surface area contributed by atoms with Crippen molar-refractivity contribution in [3.8, 4) is 5.75 Å². The van der Waals surface area contributed by atoms with Crippen LogP contribution >= 0.6 is 0 Å². The highest BCUT2D eigenvalue weighted by atomic mass is 16.5. The lowest BCUT2D eigenvalue weighted by Crippen LogP contribution is -2.34. The van der Waals surface area contributed by atoms with Crippen molar-refractivity contribution in [1.82, 2.24) is 9.80 Å². The van der Waals surface area contributed by atoms with Crippen LogP contribution < -0.4 is 4.74 Å². The van der Waals surface area contributed by atoms with E-state index >= 15 is 0 Å². The van der Waals surface area contributed by atoms with E-state index in [9.17, 15) is 4.79 Å². The minimum atomic E-state index is 0.101. The minimum absolute atomic E-state index is 0.101. The predicted molar refractivity (Wildman–Crippen MR) is 116 cm³/mol. The summed E-state index contributed by atoms with van der Waals surface area (Å²) in [6.45, 7) is 5.25. The van der Waals surface area contributed by atoms with Crippen molar-refractivity contribution in [1.29, 1.82) is 0 Å². The first kappa shape index (κ1) is 20.0. The van der Waals surface area contributed by atoms with E-state index in [1.165, 1.54) is 50.9 Å². The van der Waals surface area contributed by atoms with Gasteiger partial charge >= 0.3 is 0 Å². The van der Waals surface area contributed by atoms with Crippen LogP contribution in [0.5, 0.6) is 5.75 Å². The van der Waals surface area contributed by atoms with Crippen LogP contribution in [0.15, 0.2) is 54.6 Å². The van der Waals surface area contributed by atoms with Crippen molar-refractivity contribution in [3.05, 3.63) is 65.7 Å². The summed E-state index contributed by atoms with van der Waals surface area (Å²) in [4.78, 5) is 16.9. The Balaban J connectivity index is 1.14. The highest BCUT2D eigenvalue weighted by molar-refractivity contribution is 5.78. The molecule has 0 unspecified atom stereocenters. The third-order valence-corrected chi connectivity index (χ3v) is 6.30. The molecule has 4 rings (SSSR count). The lowest BCUT2D eigenvalue weighted by atomic mass is 9.89. The molecule has 0 aliphatic carbocycles. The van der Waals surface area contributed by atoms with Crippen LogP contribution in [0.4, 0.5) is 0 Å². The van der Waals surface area contributed by atoms with Crippen LogP contribution in [0.25, 0.3) is 0 Å². The zero-order chi connectivity index (χ0) is 19.9. The number of ether oxygens (including phenoxy) is 1. The van der Waals surface area contributed by atoms with Crippen molar-refractivity contribution < 1.29 is 9.53 Å². The first-order valence-corrected chi connectivity index (χ1v) is 11.1. The van der Waals surface area contributed by atoms with Crippen molar-refractivity contribution in [3.63, 3.8) is 0 Å². The lowest BCUT2D eigenvalue weighted by molar-refractivity contribution is -0.133. The molecule has 29 heavy (non-hydrogen) atoms. The van der Waals surface area contributed by atoms with Gasteiger partial charge < -0.3 is 14.5 Å². The average molecular weight is 393 g/mol. The van der Waals surface area contributed by atoms with Gasteiger partial charge in [0.15, 0.2) is 6.61 Å². The van der Waals surface area contributed by atoms with Gasteiger partial charge in [-0.15, -0.1) is 0 Å². The summed E-state index contributed by atoms with van der Waals surface area (Å²) in [7, 11) is 0. The topological polar surface area (TPSA) is 32.8 Å². The van der Waals surface area contributed by atoms with Gasteiger partial charge in [-0.25, -0.2) is 0 Å². The van der Waals surface area contributed by atoms with E-state index in [0.717, 1.165) is 30.2 Å². The fraction of sp³-hybridized carbons (Fsp3) is 0.480. The monoisotopic (exact) mass is 392 g/mol. The Morgan fingerprint density at radius 3 is 2.41 bits per heavy atom. The van der Waals surface area contributed by atoms with Gasteiger partial charge in [-0.2, -0.15) is 0 Å². The summed E-state index contributed by atoms with van der Waals surface area (Å²) in [6, 6.07) is 18.9. The summed E-state index contributed by atoms with van der Waals surface area (Å²) >= 11 is 0. The van der Waals surface area contributed by atoms with Crippen molar-refractivity contribution >= 4 is 5.91 Å². The Labute approximate surface area is 174 Å². The van der Waals surface area contributed by atoms with Crippen molar-refractivity contribution in [2.45, 2.75) is 44.6 Å². The molecule has 154 valence electrons. The highest BCUT2D eigenvalue weighted by Gasteiger charge is 2.21. The molecule has 0 radical (unpaired) electrons. The van der Waals surface area contributed by atoms with E-state index in [4.69, 9.17) is 4.74 Å². The molecule has 4 heteroatoms. The van der Waals surface area contributed by atoms with E-state index in [1.54, 1.807) is 0 Å². The van der Waals surface area contributed by atoms with Crippen LogP contribution in [-0.4, -0.2) is 48.5 Å². The van der Waals surface area contributed by atoms with E-state index in [1.807, 2.05) is 23.1 Å². The molecular formula is C25H32N2O2. The van der Waals surface area contributed by atoms with E-state index in [-0.39, 0.29) is 12.5 Å². The Bertz CT molecular complexity index is 784. The molecule has 2 aromatic rings. The van der Waals surface area contributed by atoms with Gasteiger partial charge in [0.25, 0.3) is 5.91 Å². The summed E-state index contributed by atoms with van der Waals surface area (Å²) < 4.78 is 5.64. The van der Waals surface area contributed by atoms with Crippen molar-refractivity contribution in [2.75, 3.05) is 32.8 Å². The van der Waals surface area contributed by atoms with Gasteiger partial charge in [0, 0.05) is 18.7 Å². The van der Waals surface area contributed by atoms with E-state index in [0.29, 0.717) is 6.54 Å². The zero-order valence-electron chi connectivity index (χ0n) is 17.3. The number of hydrogen-bond acceptors (Lipinski definition) is 3. The Morgan fingerprint density at radius 1 is 0.862 bits per heavy atom. The highest BCUT2D eigenvalue weighted by Crippen LogP contribution is 2.28. The number of unbranched alkanes of at least 4 members (excludes halogenated alkanes) is 2. The molecule has 1 fully saturated rings. The maximum atomic E-state index is 12.3. The summed E-state index contributed by atoms with van der Waals surface area (Å²) in [5, 5.41) is 0. The summed E-state index contributed by atoms with van der Waals surface area (Å²) in [5.74, 6) is 1.68. The number of likely N-dealkylation sites (tertiary alicyclic amines) is 1. The molecule has 0 saturated carbocycles. The van der Waals surface area contributed by atoms with Gasteiger partial charge in [-0.3, -0.25) is 4.79 Å². The summed E-state index contributed by atoms with van der Waals surface area (Å²) in [5.41, 5.74) is 2.61. The third-order valence-electron chi connectivity index (χ3n) is 6.30. The number of carbonyl (C=O) groups is 1. The largest absolute Gasteiger partial charge is 0.483 e. The molecule has 0 bridgehead atoms. The number of hydrogen-bond donors (Lipinski definition) is 0. The standard InChI is InChI=1S/C25H32N2O2/c28-25-20-29-24-12-6-5-11-23(24)19-27(25)16-8-2-7-15-26-17-13-22(14-18-26)21-9-3-1-4-10-21/h1,3-6,9-12,22H,2,7-8,13-20H2. The second-order valence-corrected chi connectivity index (χ2v) is 8.30. The number of para-hydroxylation sites is 1. The van der Waals surface area contributed by atoms with E-state index < -0.39 is 0 Å². The molecule has 0 aromatic heterocycles. The lowest BCUT2D eigenvalue weighted by Gasteiger charge is -2.32. The zero-order valence-corrected chi connectivity index (χ0v) is 17.3. The third kappa shape index (κ3) is 5.39. The van der Waals surface area contributed by atoms with Gasteiger partial charge in [0.2, 0.25) is 0 Å². The first-order valence-electron chi connectivity index (χ1n) is 11.1. The quantitative estimate of drug-likeness (QED) is 0.652. The normalized spacial score (nSPS) is 18.2. The fourth-order valence-electron chi connectivity index (χ4n) is 4.53. The molecule has 2 aliphatic rings. The second kappa shape index (κ2) is 9.93. The molecule has 1 saturated heterocycles.